The summed E-state index contributed by atoms with van der Waals surface area (Å²) >= 11 is 1.22. The molecule has 6 nitrogen and oxygen atoms in total. The van der Waals surface area contributed by atoms with Gasteiger partial charge in [0.2, 0.25) is 10.0 Å². The number of nitrogen functional groups attached to an aromatic ring is 1. The predicted octanol–water partition coefficient (Wildman–Crippen LogP) is 1.65. The Bertz CT molecular complexity index is 679. The molecule has 0 aliphatic carbocycles. The van der Waals surface area contributed by atoms with Gasteiger partial charge in [-0.15, -0.1) is 0 Å². The molecule has 2 rings (SSSR count). The van der Waals surface area contributed by atoms with Crippen LogP contribution in [0, 0.1) is 0 Å². The fraction of sp³-hybridized carbons (Fsp3) is 0.300. The lowest BCUT2D eigenvalue weighted by Crippen LogP contribution is -2.14. The van der Waals surface area contributed by atoms with E-state index in [1.165, 1.54) is 18.4 Å². The van der Waals surface area contributed by atoms with Crippen LogP contribution >= 0.6 is 11.3 Å². The number of ether oxygens (including phenoxy) is 1. The van der Waals surface area contributed by atoms with E-state index in [4.69, 9.17) is 10.5 Å². The van der Waals surface area contributed by atoms with Crippen LogP contribution in [0.25, 0.3) is 10.2 Å². The van der Waals surface area contributed by atoms with Crippen molar-refractivity contribution < 1.29 is 13.2 Å². The van der Waals surface area contributed by atoms with Gasteiger partial charge in [-0.05, 0) is 13.0 Å². The highest BCUT2D eigenvalue weighted by Crippen LogP contribution is 2.34. The SMILES string of the molecule is CCS(=O)(=O)Nc1nc2c(OC)cc(N)cc2s1. The van der Waals surface area contributed by atoms with Crippen LogP contribution in [0.1, 0.15) is 6.92 Å². The van der Waals surface area contributed by atoms with Crippen molar-refractivity contribution in [2.75, 3.05) is 23.3 Å². The van der Waals surface area contributed by atoms with Crippen molar-refractivity contribution in [2.45, 2.75) is 6.92 Å². The summed E-state index contributed by atoms with van der Waals surface area (Å²) in [4.78, 5) is 4.21. The third-order valence-electron chi connectivity index (χ3n) is 2.33. The molecular formula is C10H13N3O3S2. The molecule has 0 bridgehead atoms. The van der Waals surface area contributed by atoms with Crippen LogP contribution in [0.3, 0.4) is 0 Å². The maximum absolute atomic E-state index is 11.5. The number of thiazole rings is 1. The Hall–Kier alpha value is -1.54. The Balaban J connectivity index is 2.50. The second-order valence-electron chi connectivity index (χ2n) is 3.59. The van der Waals surface area contributed by atoms with Crippen molar-refractivity contribution >= 4 is 42.4 Å². The van der Waals surface area contributed by atoms with Gasteiger partial charge in [0.15, 0.2) is 5.13 Å². The van der Waals surface area contributed by atoms with E-state index < -0.39 is 10.0 Å². The Kier molecular flexibility index (Phi) is 3.31. The Morgan fingerprint density at radius 2 is 2.22 bits per heavy atom. The van der Waals surface area contributed by atoms with Crippen molar-refractivity contribution in [2.24, 2.45) is 0 Å². The van der Waals surface area contributed by atoms with Crippen molar-refractivity contribution in [1.82, 2.24) is 4.98 Å². The molecule has 0 aliphatic heterocycles. The average Bonchev–Trinajstić information content (AvgIpc) is 2.69. The summed E-state index contributed by atoms with van der Waals surface area (Å²) < 4.78 is 31.3. The van der Waals surface area contributed by atoms with E-state index in [9.17, 15) is 8.42 Å². The number of rotatable bonds is 4. The molecule has 3 N–H and O–H groups in total. The predicted molar refractivity (Wildman–Crippen MR) is 73.7 cm³/mol. The van der Waals surface area contributed by atoms with E-state index >= 15 is 0 Å². The van der Waals surface area contributed by atoms with Crippen molar-refractivity contribution in [1.29, 1.82) is 0 Å². The maximum Gasteiger partial charge on any atom is 0.234 e. The van der Waals surface area contributed by atoms with Gasteiger partial charge in [0.1, 0.15) is 11.3 Å². The number of hydrogen-bond donors (Lipinski definition) is 2. The zero-order valence-electron chi connectivity index (χ0n) is 9.93. The lowest BCUT2D eigenvalue weighted by Gasteiger charge is -2.01. The molecule has 1 aromatic carbocycles. The Morgan fingerprint density at radius 1 is 1.50 bits per heavy atom. The van der Waals surface area contributed by atoms with Crippen LogP contribution in [0.2, 0.25) is 0 Å². The van der Waals surface area contributed by atoms with Gasteiger partial charge in [-0.1, -0.05) is 11.3 Å². The minimum atomic E-state index is -3.32. The van der Waals surface area contributed by atoms with Crippen LogP contribution in [-0.2, 0) is 10.0 Å². The fourth-order valence-electron chi connectivity index (χ4n) is 1.42. The zero-order chi connectivity index (χ0) is 13.3. The van der Waals surface area contributed by atoms with E-state index in [1.807, 2.05) is 0 Å². The lowest BCUT2D eigenvalue weighted by molar-refractivity contribution is 0.419. The number of nitrogens with one attached hydrogen (secondary N) is 1. The third kappa shape index (κ3) is 2.49. The summed E-state index contributed by atoms with van der Waals surface area (Å²) in [6, 6.07) is 3.39. The summed E-state index contributed by atoms with van der Waals surface area (Å²) in [6.45, 7) is 1.56. The average molecular weight is 287 g/mol. The van der Waals surface area contributed by atoms with Crippen LogP contribution in [0.4, 0.5) is 10.8 Å². The first-order chi connectivity index (χ1) is 8.45. The molecule has 0 spiro atoms. The molecule has 2 aromatic rings. The first kappa shape index (κ1) is 12.9. The number of nitrogens with two attached hydrogens (primary N) is 1. The molecular weight excluding hydrogens is 274 g/mol. The van der Waals surface area contributed by atoms with E-state index in [1.54, 1.807) is 19.1 Å². The maximum atomic E-state index is 11.5. The van der Waals surface area contributed by atoms with Gasteiger partial charge in [0, 0.05) is 11.8 Å². The highest BCUT2D eigenvalue weighted by molar-refractivity contribution is 7.92. The molecule has 1 heterocycles. The molecule has 8 heteroatoms. The molecule has 0 saturated carbocycles. The fourth-order valence-corrected chi connectivity index (χ4v) is 3.21. The topological polar surface area (TPSA) is 94.3 Å². The van der Waals surface area contributed by atoms with Crippen LogP contribution in [0.15, 0.2) is 12.1 Å². The largest absolute Gasteiger partial charge is 0.494 e. The molecule has 98 valence electrons. The quantitative estimate of drug-likeness (QED) is 0.834. The van der Waals surface area contributed by atoms with Gasteiger partial charge in [-0.3, -0.25) is 4.72 Å². The van der Waals surface area contributed by atoms with Crippen molar-refractivity contribution in [3.05, 3.63) is 12.1 Å². The summed E-state index contributed by atoms with van der Waals surface area (Å²) in [7, 11) is -1.81. The number of nitrogens with zero attached hydrogens (tertiary/aromatic N) is 1. The second-order valence-corrected chi connectivity index (χ2v) is 6.64. The number of fused-ring (bicyclic) bond motifs is 1. The van der Waals surface area contributed by atoms with Gasteiger partial charge < -0.3 is 10.5 Å². The molecule has 0 unspecified atom stereocenters. The van der Waals surface area contributed by atoms with Gasteiger partial charge >= 0.3 is 0 Å². The summed E-state index contributed by atoms with van der Waals surface area (Å²) in [5, 5.41) is 0.316. The molecule has 0 fully saturated rings. The highest BCUT2D eigenvalue weighted by atomic mass is 32.2. The second kappa shape index (κ2) is 4.62. The van der Waals surface area contributed by atoms with Crippen LogP contribution in [0.5, 0.6) is 5.75 Å². The standard InChI is InChI=1S/C10H13N3O3S2/c1-3-18(14,15)13-10-12-9-7(16-2)4-6(11)5-8(9)17-10/h4-5H,3,11H2,1-2H3,(H,12,13). The smallest absolute Gasteiger partial charge is 0.234 e. The number of anilines is 2. The van der Waals surface area contributed by atoms with Crippen LogP contribution < -0.4 is 15.2 Å². The van der Waals surface area contributed by atoms with Gasteiger partial charge in [-0.25, -0.2) is 13.4 Å². The van der Waals surface area contributed by atoms with E-state index in [0.717, 1.165) is 4.70 Å². The molecule has 0 amide bonds. The van der Waals surface area contributed by atoms with Crippen LogP contribution in [-0.4, -0.2) is 26.3 Å². The minimum absolute atomic E-state index is 0.00218. The van der Waals surface area contributed by atoms with Crippen molar-refractivity contribution in [3.63, 3.8) is 0 Å². The van der Waals surface area contributed by atoms with Crippen molar-refractivity contribution in [3.8, 4) is 5.75 Å². The number of benzene rings is 1. The molecule has 18 heavy (non-hydrogen) atoms. The number of methoxy groups -OCH3 is 1. The summed E-state index contributed by atoms with van der Waals surface area (Å²) in [6.07, 6.45) is 0. The monoisotopic (exact) mass is 287 g/mol. The summed E-state index contributed by atoms with van der Waals surface area (Å²) in [5.74, 6) is 0.533. The lowest BCUT2D eigenvalue weighted by atomic mass is 10.3. The first-order valence-corrected chi connectivity index (χ1v) is 7.66. The third-order valence-corrected chi connectivity index (χ3v) is 4.64. The highest BCUT2D eigenvalue weighted by Gasteiger charge is 2.14. The van der Waals surface area contributed by atoms with Gasteiger partial charge in [0.25, 0.3) is 0 Å². The van der Waals surface area contributed by atoms with E-state index in [0.29, 0.717) is 22.1 Å². The Labute approximate surface area is 109 Å². The molecule has 0 aliphatic rings. The number of sulfonamides is 1. The van der Waals surface area contributed by atoms with Gasteiger partial charge in [-0.2, -0.15) is 0 Å². The Morgan fingerprint density at radius 3 is 2.83 bits per heavy atom. The number of aromatic nitrogens is 1. The zero-order valence-corrected chi connectivity index (χ0v) is 11.6. The van der Waals surface area contributed by atoms with E-state index in [-0.39, 0.29) is 5.75 Å². The van der Waals surface area contributed by atoms with Gasteiger partial charge in [0.05, 0.1) is 17.6 Å². The van der Waals surface area contributed by atoms with E-state index in [2.05, 4.69) is 9.71 Å². The normalized spacial score (nSPS) is 11.7. The molecule has 0 atom stereocenters. The molecule has 1 aromatic heterocycles. The molecule has 0 radical (unpaired) electrons. The minimum Gasteiger partial charge on any atom is -0.494 e. The number of hydrogen-bond acceptors (Lipinski definition) is 6. The first-order valence-electron chi connectivity index (χ1n) is 5.19. The summed E-state index contributed by atoms with van der Waals surface area (Å²) in [5.41, 5.74) is 6.87. The molecule has 0 saturated heterocycles.